The summed E-state index contributed by atoms with van der Waals surface area (Å²) in [7, 11) is -1.92. The number of rotatable bonds is 5. The minimum Gasteiger partial charge on any atom is -0.383 e. The van der Waals surface area contributed by atoms with Crippen LogP contribution in [0.4, 0.5) is 0 Å². The monoisotopic (exact) mass is 307 g/mol. The summed E-state index contributed by atoms with van der Waals surface area (Å²) in [6.07, 6.45) is 0. The fraction of sp³-hybridized carbons (Fsp3) is 0.400. The molecule has 0 heterocycles. The highest BCUT2D eigenvalue weighted by atomic mass is 79.9. The lowest BCUT2D eigenvalue weighted by Crippen LogP contribution is -2.35. The predicted molar refractivity (Wildman–Crippen MR) is 65.8 cm³/mol. The van der Waals surface area contributed by atoms with E-state index in [1.165, 1.54) is 7.11 Å². The van der Waals surface area contributed by atoms with Crippen molar-refractivity contribution in [3.05, 3.63) is 28.7 Å². The van der Waals surface area contributed by atoms with Gasteiger partial charge in [-0.3, -0.25) is 0 Å². The number of hydrogen-bond donors (Lipinski definition) is 1. The second-order valence-corrected chi connectivity index (χ2v) is 6.06. The number of sulfonamides is 1. The summed E-state index contributed by atoms with van der Waals surface area (Å²) in [5.41, 5.74) is 0. The van der Waals surface area contributed by atoms with E-state index in [1.807, 2.05) is 0 Å². The molecule has 0 saturated carbocycles. The average Bonchev–Trinajstić information content (AvgIpc) is 2.17. The van der Waals surface area contributed by atoms with E-state index in [1.54, 1.807) is 31.2 Å². The normalized spacial score (nSPS) is 13.7. The highest BCUT2D eigenvalue weighted by molar-refractivity contribution is 9.10. The SMILES string of the molecule is COC[C@H](C)NS(=O)(=O)c1ccc(Br)cc1. The van der Waals surface area contributed by atoms with Crippen molar-refractivity contribution in [3.63, 3.8) is 0 Å². The molecule has 0 bridgehead atoms. The van der Waals surface area contributed by atoms with Crippen molar-refractivity contribution in [1.29, 1.82) is 0 Å². The maximum Gasteiger partial charge on any atom is 0.240 e. The summed E-state index contributed by atoms with van der Waals surface area (Å²) in [4.78, 5) is 0.249. The van der Waals surface area contributed by atoms with Crippen LogP contribution < -0.4 is 4.72 Å². The third-order valence-corrected chi connectivity index (χ3v) is 4.03. The highest BCUT2D eigenvalue weighted by Crippen LogP contribution is 2.14. The van der Waals surface area contributed by atoms with E-state index in [0.29, 0.717) is 6.61 Å². The molecular weight excluding hydrogens is 294 g/mol. The number of ether oxygens (including phenoxy) is 1. The lowest BCUT2D eigenvalue weighted by atomic mass is 10.4. The van der Waals surface area contributed by atoms with Gasteiger partial charge in [0, 0.05) is 17.6 Å². The molecule has 6 heteroatoms. The van der Waals surface area contributed by atoms with E-state index in [2.05, 4.69) is 20.7 Å². The van der Waals surface area contributed by atoms with Gasteiger partial charge in [0.2, 0.25) is 10.0 Å². The molecule has 0 amide bonds. The molecule has 0 radical (unpaired) electrons. The van der Waals surface area contributed by atoms with Gasteiger partial charge in [0.05, 0.1) is 11.5 Å². The Labute approximate surface area is 104 Å². The largest absolute Gasteiger partial charge is 0.383 e. The Morgan fingerprint density at radius 2 is 1.94 bits per heavy atom. The van der Waals surface area contributed by atoms with E-state index in [-0.39, 0.29) is 10.9 Å². The molecule has 0 fully saturated rings. The van der Waals surface area contributed by atoms with Gasteiger partial charge in [0.25, 0.3) is 0 Å². The van der Waals surface area contributed by atoms with Gasteiger partial charge in [0.15, 0.2) is 0 Å². The molecule has 16 heavy (non-hydrogen) atoms. The standard InChI is InChI=1S/C10H14BrNO3S/c1-8(7-15-2)12-16(13,14)10-5-3-9(11)4-6-10/h3-6,8,12H,7H2,1-2H3/t8-/m0/s1. The van der Waals surface area contributed by atoms with Gasteiger partial charge in [-0.25, -0.2) is 13.1 Å². The zero-order chi connectivity index (χ0) is 12.2. The van der Waals surface area contributed by atoms with Gasteiger partial charge < -0.3 is 4.74 Å². The first-order valence-corrected chi connectivity index (χ1v) is 7.00. The average molecular weight is 308 g/mol. The van der Waals surface area contributed by atoms with Gasteiger partial charge in [-0.05, 0) is 31.2 Å². The quantitative estimate of drug-likeness (QED) is 0.902. The fourth-order valence-electron chi connectivity index (χ4n) is 1.23. The molecular formula is C10H14BrNO3S. The maximum absolute atomic E-state index is 11.8. The van der Waals surface area contributed by atoms with E-state index in [4.69, 9.17) is 4.74 Å². The van der Waals surface area contributed by atoms with Gasteiger partial charge >= 0.3 is 0 Å². The van der Waals surface area contributed by atoms with Gasteiger partial charge in [-0.2, -0.15) is 0 Å². The predicted octanol–water partition coefficient (Wildman–Crippen LogP) is 1.76. The summed E-state index contributed by atoms with van der Waals surface area (Å²) in [6.45, 7) is 2.09. The summed E-state index contributed by atoms with van der Waals surface area (Å²) in [5.74, 6) is 0. The number of benzene rings is 1. The van der Waals surface area contributed by atoms with Crippen LogP contribution in [0.3, 0.4) is 0 Å². The molecule has 0 aliphatic heterocycles. The summed E-state index contributed by atoms with van der Waals surface area (Å²) >= 11 is 3.25. The zero-order valence-electron chi connectivity index (χ0n) is 9.10. The first-order valence-electron chi connectivity index (χ1n) is 4.72. The molecule has 1 rings (SSSR count). The Hall–Kier alpha value is -0.430. The van der Waals surface area contributed by atoms with Crippen LogP contribution in [0.15, 0.2) is 33.6 Å². The molecule has 0 spiro atoms. The van der Waals surface area contributed by atoms with Gasteiger partial charge in [-0.1, -0.05) is 15.9 Å². The van der Waals surface area contributed by atoms with Crippen molar-refractivity contribution >= 4 is 26.0 Å². The van der Waals surface area contributed by atoms with Crippen LogP contribution in [-0.2, 0) is 14.8 Å². The van der Waals surface area contributed by atoms with E-state index >= 15 is 0 Å². The molecule has 90 valence electrons. The molecule has 1 atom stereocenters. The maximum atomic E-state index is 11.8. The van der Waals surface area contributed by atoms with Crippen molar-refractivity contribution in [1.82, 2.24) is 4.72 Å². The Bertz CT molecular complexity index is 430. The third kappa shape index (κ3) is 3.86. The van der Waals surface area contributed by atoms with Crippen molar-refractivity contribution in [2.24, 2.45) is 0 Å². The van der Waals surface area contributed by atoms with E-state index in [9.17, 15) is 8.42 Å². The molecule has 0 aromatic heterocycles. The van der Waals surface area contributed by atoms with Crippen molar-refractivity contribution in [3.8, 4) is 0 Å². The number of nitrogens with one attached hydrogen (secondary N) is 1. The molecule has 0 aliphatic rings. The highest BCUT2D eigenvalue weighted by Gasteiger charge is 2.16. The van der Waals surface area contributed by atoms with Crippen LogP contribution in [0.2, 0.25) is 0 Å². The van der Waals surface area contributed by atoms with Crippen molar-refractivity contribution in [2.75, 3.05) is 13.7 Å². The molecule has 1 aromatic rings. The van der Waals surface area contributed by atoms with Crippen LogP contribution in [0.25, 0.3) is 0 Å². The Morgan fingerprint density at radius 1 is 1.38 bits per heavy atom. The molecule has 4 nitrogen and oxygen atoms in total. The second kappa shape index (κ2) is 5.77. The van der Waals surface area contributed by atoms with E-state index < -0.39 is 10.0 Å². The fourth-order valence-corrected chi connectivity index (χ4v) is 2.72. The Morgan fingerprint density at radius 3 is 2.44 bits per heavy atom. The van der Waals surface area contributed by atoms with Crippen LogP contribution in [0.1, 0.15) is 6.92 Å². The van der Waals surface area contributed by atoms with Crippen LogP contribution >= 0.6 is 15.9 Å². The smallest absolute Gasteiger partial charge is 0.240 e. The minimum atomic E-state index is -3.45. The number of halogens is 1. The molecule has 0 aliphatic carbocycles. The number of methoxy groups -OCH3 is 1. The molecule has 1 aromatic carbocycles. The summed E-state index contributed by atoms with van der Waals surface area (Å²) in [6, 6.07) is 6.22. The zero-order valence-corrected chi connectivity index (χ0v) is 11.5. The van der Waals surface area contributed by atoms with Crippen LogP contribution in [0.5, 0.6) is 0 Å². The second-order valence-electron chi connectivity index (χ2n) is 3.43. The van der Waals surface area contributed by atoms with E-state index in [0.717, 1.165) is 4.47 Å². The summed E-state index contributed by atoms with van der Waals surface area (Å²) in [5, 5.41) is 0. The first-order chi connectivity index (χ1) is 7.45. The van der Waals surface area contributed by atoms with Crippen molar-refractivity contribution < 1.29 is 13.2 Å². The Kier molecular flexibility index (Phi) is 4.91. The number of hydrogen-bond acceptors (Lipinski definition) is 3. The van der Waals surface area contributed by atoms with Crippen LogP contribution in [0, 0.1) is 0 Å². The Balaban J connectivity index is 2.82. The summed E-state index contributed by atoms with van der Waals surface area (Å²) < 4.78 is 31.9. The lowest BCUT2D eigenvalue weighted by Gasteiger charge is -2.13. The molecule has 1 N–H and O–H groups in total. The van der Waals surface area contributed by atoms with Gasteiger partial charge in [-0.15, -0.1) is 0 Å². The minimum absolute atomic E-state index is 0.249. The van der Waals surface area contributed by atoms with Crippen molar-refractivity contribution in [2.45, 2.75) is 17.9 Å². The molecule has 0 unspecified atom stereocenters. The molecule has 0 saturated heterocycles. The van der Waals surface area contributed by atoms with Gasteiger partial charge in [0.1, 0.15) is 0 Å². The topological polar surface area (TPSA) is 55.4 Å². The first kappa shape index (κ1) is 13.6. The lowest BCUT2D eigenvalue weighted by molar-refractivity contribution is 0.180. The van der Waals surface area contributed by atoms with Crippen LogP contribution in [-0.4, -0.2) is 28.2 Å². The third-order valence-electron chi connectivity index (χ3n) is 1.90.